The van der Waals surface area contributed by atoms with Crippen LogP contribution in [0.1, 0.15) is 21.7 Å². The van der Waals surface area contributed by atoms with Gasteiger partial charge in [-0.15, -0.1) is 11.3 Å². The first-order chi connectivity index (χ1) is 10.5. The summed E-state index contributed by atoms with van der Waals surface area (Å²) < 4.78 is 1.60. The van der Waals surface area contributed by atoms with E-state index in [0.29, 0.717) is 6.54 Å². The minimum absolute atomic E-state index is 0.0237. The number of aryl methyl sites for hydroxylation is 2. The Labute approximate surface area is 133 Å². The van der Waals surface area contributed by atoms with E-state index in [4.69, 9.17) is 0 Å². The zero-order chi connectivity index (χ0) is 15.7. The van der Waals surface area contributed by atoms with E-state index in [1.54, 1.807) is 28.0 Å². The molecule has 0 amide bonds. The Morgan fingerprint density at radius 3 is 2.77 bits per heavy atom. The molecule has 22 heavy (non-hydrogen) atoms. The zero-order valence-electron chi connectivity index (χ0n) is 13.0. The monoisotopic (exact) mass is 313 g/mol. The Kier molecular flexibility index (Phi) is 4.09. The van der Waals surface area contributed by atoms with Crippen molar-refractivity contribution in [3.05, 3.63) is 67.9 Å². The van der Waals surface area contributed by atoms with Gasteiger partial charge in [-0.05, 0) is 49.5 Å². The van der Waals surface area contributed by atoms with Crippen molar-refractivity contribution in [3.8, 4) is 0 Å². The Bertz CT molecular complexity index is 866. The Morgan fingerprint density at radius 2 is 2.05 bits per heavy atom. The molecule has 0 radical (unpaired) electrons. The smallest absolute Gasteiger partial charge is 0.258 e. The predicted octanol–water partition coefficient (Wildman–Crippen LogP) is 3.00. The molecule has 0 aliphatic carbocycles. The molecule has 0 saturated heterocycles. The maximum atomic E-state index is 12.2. The number of thiophene rings is 1. The maximum Gasteiger partial charge on any atom is 0.258 e. The van der Waals surface area contributed by atoms with Crippen LogP contribution < -0.4 is 5.56 Å². The second kappa shape index (κ2) is 6.02. The van der Waals surface area contributed by atoms with Crippen molar-refractivity contribution in [3.63, 3.8) is 0 Å². The first-order valence-corrected chi connectivity index (χ1v) is 8.12. The van der Waals surface area contributed by atoms with Gasteiger partial charge in [0, 0.05) is 30.2 Å². The molecule has 0 unspecified atom stereocenters. The highest BCUT2D eigenvalue weighted by Crippen LogP contribution is 2.18. The lowest BCUT2D eigenvalue weighted by atomic mass is 10.2. The molecule has 0 saturated carbocycles. The van der Waals surface area contributed by atoms with Crippen LogP contribution >= 0.6 is 11.3 Å². The molecule has 114 valence electrons. The summed E-state index contributed by atoms with van der Waals surface area (Å²) in [6.45, 7) is 5.64. The number of fused-ring (bicyclic) bond motifs is 1. The molecule has 3 heterocycles. The molecule has 5 heteroatoms. The van der Waals surface area contributed by atoms with Gasteiger partial charge in [0.05, 0.1) is 5.69 Å². The van der Waals surface area contributed by atoms with Crippen LogP contribution in [0.5, 0.6) is 0 Å². The standard InChI is InChI=1S/C17H19N3OS/c1-12-6-8-22-15(12)11-19(3)10-14-9-16(21)20-7-4-5-13(2)17(20)18-14/h4-9H,10-11H2,1-3H3. The topological polar surface area (TPSA) is 37.6 Å². The molecule has 3 aromatic rings. The van der Waals surface area contributed by atoms with E-state index in [2.05, 4.69) is 35.3 Å². The van der Waals surface area contributed by atoms with Gasteiger partial charge in [-0.25, -0.2) is 4.98 Å². The Morgan fingerprint density at radius 1 is 1.23 bits per heavy atom. The SMILES string of the molecule is Cc1ccsc1CN(C)Cc1cc(=O)n2cccc(C)c2n1. The second-order valence-electron chi connectivity index (χ2n) is 5.67. The van der Waals surface area contributed by atoms with Gasteiger partial charge in [-0.3, -0.25) is 14.1 Å². The molecule has 0 aromatic carbocycles. The van der Waals surface area contributed by atoms with Gasteiger partial charge in [0.15, 0.2) is 0 Å². The third kappa shape index (κ3) is 2.96. The summed E-state index contributed by atoms with van der Waals surface area (Å²) in [6, 6.07) is 7.61. The van der Waals surface area contributed by atoms with E-state index in [9.17, 15) is 4.79 Å². The van der Waals surface area contributed by atoms with Crippen molar-refractivity contribution in [2.45, 2.75) is 26.9 Å². The number of pyridine rings is 1. The van der Waals surface area contributed by atoms with Crippen LogP contribution in [0.15, 0.2) is 40.6 Å². The van der Waals surface area contributed by atoms with Crippen LogP contribution in [0.3, 0.4) is 0 Å². The summed E-state index contributed by atoms with van der Waals surface area (Å²) in [4.78, 5) is 20.4. The predicted molar refractivity (Wildman–Crippen MR) is 90.4 cm³/mol. The van der Waals surface area contributed by atoms with Crippen LogP contribution in [0.4, 0.5) is 0 Å². The average molecular weight is 313 g/mol. The van der Waals surface area contributed by atoms with E-state index in [-0.39, 0.29) is 5.56 Å². The van der Waals surface area contributed by atoms with E-state index >= 15 is 0 Å². The number of nitrogens with zero attached hydrogens (tertiary/aromatic N) is 3. The third-order valence-electron chi connectivity index (χ3n) is 3.75. The Balaban J connectivity index is 1.86. The fourth-order valence-electron chi connectivity index (χ4n) is 2.53. The number of rotatable bonds is 4. The van der Waals surface area contributed by atoms with Gasteiger partial charge in [-0.2, -0.15) is 0 Å². The highest BCUT2D eigenvalue weighted by molar-refractivity contribution is 7.10. The van der Waals surface area contributed by atoms with Gasteiger partial charge < -0.3 is 0 Å². The lowest BCUT2D eigenvalue weighted by Gasteiger charge is -2.16. The lowest BCUT2D eigenvalue weighted by molar-refractivity contribution is 0.317. The number of aromatic nitrogens is 2. The summed E-state index contributed by atoms with van der Waals surface area (Å²) in [5.41, 5.74) is 3.86. The van der Waals surface area contributed by atoms with E-state index < -0.39 is 0 Å². The first kappa shape index (κ1) is 14.9. The molecule has 3 rings (SSSR count). The molecule has 4 nitrogen and oxygen atoms in total. The van der Waals surface area contributed by atoms with Crippen LogP contribution in [0.25, 0.3) is 5.65 Å². The normalized spacial score (nSPS) is 11.5. The lowest BCUT2D eigenvalue weighted by Crippen LogP contribution is -2.22. The summed E-state index contributed by atoms with van der Waals surface area (Å²) in [5.74, 6) is 0. The van der Waals surface area contributed by atoms with E-state index in [1.807, 2.05) is 19.1 Å². The molecule has 0 N–H and O–H groups in total. The minimum Gasteiger partial charge on any atom is -0.295 e. The van der Waals surface area contributed by atoms with Crippen molar-refractivity contribution in [1.82, 2.24) is 14.3 Å². The van der Waals surface area contributed by atoms with Crippen LogP contribution in [-0.2, 0) is 13.1 Å². The molecule has 3 aromatic heterocycles. The van der Waals surface area contributed by atoms with Gasteiger partial charge in [-0.1, -0.05) is 6.07 Å². The Hall–Kier alpha value is -1.98. The van der Waals surface area contributed by atoms with Crippen LogP contribution in [0, 0.1) is 13.8 Å². The maximum absolute atomic E-state index is 12.2. The van der Waals surface area contributed by atoms with E-state index in [1.165, 1.54) is 10.4 Å². The zero-order valence-corrected chi connectivity index (χ0v) is 13.9. The first-order valence-electron chi connectivity index (χ1n) is 7.24. The van der Waals surface area contributed by atoms with Crippen molar-refractivity contribution < 1.29 is 0 Å². The molecular formula is C17H19N3OS. The summed E-state index contributed by atoms with van der Waals surface area (Å²) >= 11 is 1.77. The van der Waals surface area contributed by atoms with Crippen molar-refractivity contribution in [2.24, 2.45) is 0 Å². The van der Waals surface area contributed by atoms with Gasteiger partial charge in [0.25, 0.3) is 5.56 Å². The largest absolute Gasteiger partial charge is 0.295 e. The van der Waals surface area contributed by atoms with Crippen LogP contribution in [0.2, 0.25) is 0 Å². The highest BCUT2D eigenvalue weighted by Gasteiger charge is 2.09. The molecule has 0 fully saturated rings. The summed E-state index contributed by atoms with van der Waals surface area (Å²) in [6.07, 6.45) is 1.76. The number of hydrogen-bond acceptors (Lipinski definition) is 4. The number of hydrogen-bond donors (Lipinski definition) is 0. The van der Waals surface area contributed by atoms with Crippen molar-refractivity contribution >= 4 is 17.0 Å². The van der Waals surface area contributed by atoms with Crippen LogP contribution in [-0.4, -0.2) is 21.3 Å². The summed E-state index contributed by atoms with van der Waals surface area (Å²) in [7, 11) is 2.06. The minimum atomic E-state index is -0.0237. The van der Waals surface area contributed by atoms with Gasteiger partial charge in [0.1, 0.15) is 5.65 Å². The van der Waals surface area contributed by atoms with Gasteiger partial charge in [0.2, 0.25) is 0 Å². The van der Waals surface area contributed by atoms with E-state index in [0.717, 1.165) is 23.4 Å². The molecule has 0 spiro atoms. The van der Waals surface area contributed by atoms with Crippen molar-refractivity contribution in [2.75, 3.05) is 7.05 Å². The molecule has 0 aliphatic heterocycles. The van der Waals surface area contributed by atoms with Gasteiger partial charge >= 0.3 is 0 Å². The molecular weight excluding hydrogens is 294 g/mol. The third-order valence-corrected chi connectivity index (χ3v) is 4.76. The average Bonchev–Trinajstić information content (AvgIpc) is 2.85. The fraction of sp³-hybridized carbons (Fsp3) is 0.294. The summed E-state index contributed by atoms with van der Waals surface area (Å²) in [5, 5.41) is 2.11. The van der Waals surface area contributed by atoms with Crippen molar-refractivity contribution in [1.29, 1.82) is 0 Å². The fourth-order valence-corrected chi connectivity index (χ4v) is 3.52. The molecule has 0 aliphatic rings. The quantitative estimate of drug-likeness (QED) is 0.743. The highest BCUT2D eigenvalue weighted by atomic mass is 32.1. The molecule has 0 atom stereocenters. The second-order valence-corrected chi connectivity index (χ2v) is 6.67. The molecule has 0 bridgehead atoms.